The summed E-state index contributed by atoms with van der Waals surface area (Å²) in [6, 6.07) is 5.09. The molecule has 1 aromatic rings. The van der Waals surface area contributed by atoms with Crippen molar-refractivity contribution in [3.8, 4) is 0 Å². The van der Waals surface area contributed by atoms with E-state index in [0.717, 1.165) is 12.2 Å². The first-order valence-corrected chi connectivity index (χ1v) is 3.92. The first kappa shape index (κ1) is 8.96. The summed E-state index contributed by atoms with van der Waals surface area (Å²) in [6.45, 7) is 2.03. The maximum Gasteiger partial charge on any atom is 0.248 e. The average Bonchev–Trinajstić information content (AvgIpc) is 2.05. The molecule has 0 bridgehead atoms. The van der Waals surface area contributed by atoms with E-state index in [0.29, 0.717) is 13.1 Å². The minimum absolute atomic E-state index is 0.0675. The highest BCUT2D eigenvalue weighted by molar-refractivity contribution is 5.03. The molecule has 0 unspecified atom stereocenters. The van der Waals surface area contributed by atoms with Crippen molar-refractivity contribution >= 4 is 0 Å². The van der Waals surface area contributed by atoms with E-state index in [1.54, 1.807) is 6.07 Å². The predicted molar refractivity (Wildman–Crippen MR) is 47.8 cm³/mol. The molecule has 0 saturated heterocycles. The first-order chi connectivity index (χ1) is 5.83. The molecule has 0 spiro atoms. The molecule has 4 heteroatoms. The highest BCUT2D eigenvalue weighted by atomic mass is 16.1. The molecule has 12 heavy (non-hydrogen) atoms. The Morgan fingerprint density at radius 2 is 2.33 bits per heavy atom. The van der Waals surface area contributed by atoms with Crippen LogP contribution in [0.25, 0.3) is 0 Å². The molecule has 0 atom stereocenters. The van der Waals surface area contributed by atoms with Crippen LogP contribution in [-0.2, 0) is 6.54 Å². The van der Waals surface area contributed by atoms with Crippen LogP contribution in [-0.4, -0.2) is 18.1 Å². The molecule has 0 amide bonds. The normalized spacial score (nSPS) is 10.1. The van der Waals surface area contributed by atoms with Crippen molar-refractivity contribution in [2.24, 2.45) is 5.73 Å². The van der Waals surface area contributed by atoms with Gasteiger partial charge in [0.15, 0.2) is 0 Å². The van der Waals surface area contributed by atoms with Crippen LogP contribution in [0.1, 0.15) is 5.69 Å². The third-order valence-electron chi connectivity index (χ3n) is 1.47. The summed E-state index contributed by atoms with van der Waals surface area (Å²) in [4.78, 5) is 13.5. The summed E-state index contributed by atoms with van der Waals surface area (Å²) in [5.74, 6) is 0. The third-order valence-corrected chi connectivity index (χ3v) is 1.47. The van der Waals surface area contributed by atoms with Crippen molar-refractivity contribution < 1.29 is 0 Å². The fraction of sp³-hybridized carbons (Fsp3) is 0.375. The molecule has 1 heterocycles. The van der Waals surface area contributed by atoms with Gasteiger partial charge in [-0.15, -0.1) is 0 Å². The van der Waals surface area contributed by atoms with Crippen LogP contribution in [0.5, 0.6) is 0 Å². The van der Waals surface area contributed by atoms with Gasteiger partial charge < -0.3 is 16.0 Å². The van der Waals surface area contributed by atoms with Gasteiger partial charge in [0.2, 0.25) is 5.56 Å². The number of nitrogens with one attached hydrogen (secondary N) is 2. The van der Waals surface area contributed by atoms with Crippen LogP contribution < -0.4 is 16.6 Å². The van der Waals surface area contributed by atoms with E-state index in [-0.39, 0.29) is 5.56 Å². The van der Waals surface area contributed by atoms with Crippen LogP contribution in [0.15, 0.2) is 23.0 Å². The van der Waals surface area contributed by atoms with Gasteiger partial charge in [-0.3, -0.25) is 4.79 Å². The molecule has 1 rings (SSSR count). The molecule has 0 aliphatic carbocycles. The van der Waals surface area contributed by atoms with E-state index < -0.39 is 0 Å². The number of aromatic amines is 1. The Morgan fingerprint density at radius 1 is 1.50 bits per heavy atom. The van der Waals surface area contributed by atoms with E-state index >= 15 is 0 Å². The minimum Gasteiger partial charge on any atom is -0.329 e. The van der Waals surface area contributed by atoms with Gasteiger partial charge in [0.1, 0.15) is 0 Å². The van der Waals surface area contributed by atoms with E-state index in [4.69, 9.17) is 5.73 Å². The van der Waals surface area contributed by atoms with Gasteiger partial charge in [-0.05, 0) is 6.07 Å². The lowest BCUT2D eigenvalue weighted by Crippen LogP contribution is -2.23. The van der Waals surface area contributed by atoms with Crippen LogP contribution >= 0.6 is 0 Å². The van der Waals surface area contributed by atoms with Crippen molar-refractivity contribution in [1.82, 2.24) is 10.3 Å². The van der Waals surface area contributed by atoms with E-state index in [9.17, 15) is 4.79 Å². The van der Waals surface area contributed by atoms with Crippen LogP contribution in [0.2, 0.25) is 0 Å². The number of rotatable bonds is 4. The lowest BCUT2D eigenvalue weighted by molar-refractivity contribution is 0.680. The maximum atomic E-state index is 10.8. The SMILES string of the molecule is NCCNCc1cccc(=O)[nH]1. The van der Waals surface area contributed by atoms with Crippen molar-refractivity contribution in [2.75, 3.05) is 13.1 Å². The van der Waals surface area contributed by atoms with Gasteiger partial charge >= 0.3 is 0 Å². The lowest BCUT2D eigenvalue weighted by Gasteiger charge is -2.01. The number of H-pyrrole nitrogens is 1. The Kier molecular flexibility index (Phi) is 3.50. The van der Waals surface area contributed by atoms with Gasteiger partial charge in [-0.1, -0.05) is 6.07 Å². The molecule has 1 aromatic heterocycles. The molecule has 4 N–H and O–H groups in total. The number of aromatic nitrogens is 1. The molecular formula is C8H13N3O. The molecule has 4 nitrogen and oxygen atoms in total. The standard InChI is InChI=1S/C8H13N3O/c9-4-5-10-6-7-2-1-3-8(12)11-7/h1-3,10H,4-6,9H2,(H,11,12). The smallest absolute Gasteiger partial charge is 0.248 e. The molecule has 0 radical (unpaired) electrons. The molecule has 0 aliphatic rings. The Labute approximate surface area is 70.8 Å². The Bertz CT molecular complexity index is 282. The van der Waals surface area contributed by atoms with E-state index in [1.807, 2.05) is 6.07 Å². The topological polar surface area (TPSA) is 70.9 Å². The second-order valence-corrected chi connectivity index (χ2v) is 2.51. The van der Waals surface area contributed by atoms with Crippen molar-refractivity contribution in [3.63, 3.8) is 0 Å². The second-order valence-electron chi connectivity index (χ2n) is 2.51. The quantitative estimate of drug-likeness (QED) is 0.525. The fourth-order valence-corrected chi connectivity index (χ4v) is 0.921. The highest BCUT2D eigenvalue weighted by Gasteiger charge is 1.90. The van der Waals surface area contributed by atoms with Gasteiger partial charge in [0.05, 0.1) is 0 Å². The van der Waals surface area contributed by atoms with Crippen LogP contribution in [0, 0.1) is 0 Å². The summed E-state index contributed by atoms with van der Waals surface area (Å²) >= 11 is 0. The van der Waals surface area contributed by atoms with Gasteiger partial charge in [-0.2, -0.15) is 0 Å². The number of hydrogen-bond donors (Lipinski definition) is 3. The summed E-state index contributed by atoms with van der Waals surface area (Å²) in [6.07, 6.45) is 0. The van der Waals surface area contributed by atoms with Crippen molar-refractivity contribution in [1.29, 1.82) is 0 Å². The number of nitrogens with two attached hydrogens (primary N) is 1. The monoisotopic (exact) mass is 167 g/mol. The maximum absolute atomic E-state index is 10.8. The molecule has 0 aliphatic heterocycles. The zero-order chi connectivity index (χ0) is 8.81. The van der Waals surface area contributed by atoms with Crippen molar-refractivity contribution in [2.45, 2.75) is 6.54 Å². The van der Waals surface area contributed by atoms with E-state index in [2.05, 4.69) is 10.3 Å². The van der Waals surface area contributed by atoms with Gasteiger partial charge in [0.25, 0.3) is 0 Å². The summed E-state index contributed by atoms with van der Waals surface area (Å²) in [7, 11) is 0. The van der Waals surface area contributed by atoms with Crippen LogP contribution in [0.3, 0.4) is 0 Å². The summed E-state index contributed by atoms with van der Waals surface area (Å²) in [5, 5.41) is 3.08. The van der Waals surface area contributed by atoms with Crippen LogP contribution in [0.4, 0.5) is 0 Å². The Morgan fingerprint density at radius 3 is 3.00 bits per heavy atom. The number of hydrogen-bond acceptors (Lipinski definition) is 3. The average molecular weight is 167 g/mol. The molecule has 0 fully saturated rings. The Balaban J connectivity index is 2.47. The molecular weight excluding hydrogens is 154 g/mol. The summed E-state index contributed by atoms with van der Waals surface area (Å²) in [5.41, 5.74) is 6.11. The molecule has 66 valence electrons. The fourth-order valence-electron chi connectivity index (χ4n) is 0.921. The largest absolute Gasteiger partial charge is 0.329 e. The first-order valence-electron chi connectivity index (χ1n) is 3.92. The van der Waals surface area contributed by atoms with Crippen molar-refractivity contribution in [3.05, 3.63) is 34.2 Å². The zero-order valence-corrected chi connectivity index (χ0v) is 6.84. The second kappa shape index (κ2) is 4.69. The zero-order valence-electron chi connectivity index (χ0n) is 6.84. The van der Waals surface area contributed by atoms with E-state index in [1.165, 1.54) is 6.07 Å². The predicted octanol–water partition coefficient (Wildman–Crippen LogP) is -0.577. The molecule has 0 aromatic carbocycles. The lowest BCUT2D eigenvalue weighted by atomic mass is 10.3. The number of pyridine rings is 1. The Hall–Kier alpha value is -1.13. The highest BCUT2D eigenvalue weighted by Crippen LogP contribution is 1.87. The molecule has 0 saturated carbocycles. The van der Waals surface area contributed by atoms with Gasteiger partial charge in [-0.25, -0.2) is 0 Å². The van der Waals surface area contributed by atoms with Gasteiger partial charge in [0, 0.05) is 31.4 Å². The third kappa shape index (κ3) is 2.86. The summed E-state index contributed by atoms with van der Waals surface area (Å²) < 4.78 is 0. The minimum atomic E-state index is -0.0675.